The highest BCUT2D eigenvalue weighted by atomic mass is 32.2. The average molecular weight is 352 g/mol. The van der Waals surface area contributed by atoms with Crippen LogP contribution in [0.15, 0.2) is 24.3 Å². The van der Waals surface area contributed by atoms with Crippen LogP contribution in [0.1, 0.15) is 30.9 Å². The molecule has 0 fully saturated rings. The Morgan fingerprint density at radius 2 is 2.08 bits per heavy atom. The number of aryl methyl sites for hydroxylation is 1. The van der Waals surface area contributed by atoms with Crippen LogP contribution < -0.4 is 0 Å². The van der Waals surface area contributed by atoms with Crippen molar-refractivity contribution in [3.8, 4) is 0 Å². The second-order valence-corrected chi connectivity index (χ2v) is 8.52. The van der Waals surface area contributed by atoms with Gasteiger partial charge in [0, 0.05) is 37.5 Å². The maximum absolute atomic E-state index is 11.2. The first kappa shape index (κ1) is 18.6. The van der Waals surface area contributed by atoms with E-state index in [9.17, 15) is 18.5 Å². The van der Waals surface area contributed by atoms with Crippen molar-refractivity contribution in [2.24, 2.45) is 0 Å². The highest BCUT2D eigenvalue weighted by Gasteiger charge is 2.18. The van der Waals surface area contributed by atoms with E-state index in [1.807, 2.05) is 19.1 Å². The molecule has 0 aliphatic carbocycles. The van der Waals surface area contributed by atoms with Crippen molar-refractivity contribution in [1.82, 2.24) is 4.90 Å². The molecule has 7 heteroatoms. The highest BCUT2D eigenvalue weighted by Crippen LogP contribution is 2.28. The van der Waals surface area contributed by atoms with Crippen molar-refractivity contribution < 1.29 is 13.3 Å². The van der Waals surface area contributed by atoms with Gasteiger partial charge in [-0.05, 0) is 36.1 Å². The Balaban J connectivity index is 2.11. The summed E-state index contributed by atoms with van der Waals surface area (Å²) in [7, 11) is -2.94. The van der Waals surface area contributed by atoms with Crippen molar-refractivity contribution in [3.05, 3.63) is 45.5 Å². The van der Waals surface area contributed by atoms with E-state index in [2.05, 4.69) is 11.0 Å². The van der Waals surface area contributed by atoms with Gasteiger partial charge in [-0.3, -0.25) is 15.0 Å². The van der Waals surface area contributed by atoms with E-state index in [-0.39, 0.29) is 16.4 Å². The first-order valence-corrected chi connectivity index (χ1v) is 10.2. The van der Waals surface area contributed by atoms with Gasteiger partial charge in [0.15, 0.2) is 0 Å². The van der Waals surface area contributed by atoms with Crippen molar-refractivity contribution in [2.45, 2.75) is 26.2 Å². The molecule has 0 atom stereocenters. The zero-order valence-electron chi connectivity index (χ0n) is 14.2. The summed E-state index contributed by atoms with van der Waals surface area (Å²) in [6.07, 6.45) is 5.74. The maximum Gasteiger partial charge on any atom is 0.272 e. The van der Waals surface area contributed by atoms with Gasteiger partial charge in [0.1, 0.15) is 9.84 Å². The highest BCUT2D eigenvalue weighted by molar-refractivity contribution is 7.90. The molecule has 0 saturated carbocycles. The monoisotopic (exact) mass is 352 g/mol. The molecule has 6 nitrogen and oxygen atoms in total. The standard InChI is InChI=1S/C17H24N2O4S/c1-3-4-16-13-15(5-6-17(16)19(20)21)14-7-9-18(10-8-14)11-12-24(2,22)23/h5-7,13H,3-4,8-12H2,1-2H3. The average Bonchev–Trinajstić information content (AvgIpc) is 2.53. The van der Waals surface area contributed by atoms with Gasteiger partial charge in [-0.15, -0.1) is 0 Å². The number of benzene rings is 1. The molecule has 0 N–H and O–H groups in total. The molecule has 1 aliphatic heterocycles. The Kier molecular flexibility index (Phi) is 6.12. The lowest BCUT2D eigenvalue weighted by Crippen LogP contribution is -2.32. The minimum atomic E-state index is -2.94. The molecule has 0 spiro atoms. The third-order valence-electron chi connectivity index (χ3n) is 4.24. The molecule has 2 rings (SSSR count). The van der Waals surface area contributed by atoms with Gasteiger partial charge < -0.3 is 0 Å². The van der Waals surface area contributed by atoms with Gasteiger partial charge in [-0.25, -0.2) is 8.42 Å². The van der Waals surface area contributed by atoms with Crippen molar-refractivity contribution in [1.29, 1.82) is 0 Å². The Morgan fingerprint density at radius 3 is 2.62 bits per heavy atom. The van der Waals surface area contributed by atoms with Crippen molar-refractivity contribution >= 4 is 21.1 Å². The van der Waals surface area contributed by atoms with Crippen LogP contribution in [0.25, 0.3) is 5.57 Å². The van der Waals surface area contributed by atoms with Crippen LogP contribution in [0.3, 0.4) is 0 Å². The van der Waals surface area contributed by atoms with E-state index < -0.39 is 9.84 Å². The molecule has 0 unspecified atom stereocenters. The first-order chi connectivity index (χ1) is 11.3. The minimum absolute atomic E-state index is 0.175. The van der Waals surface area contributed by atoms with Crippen LogP contribution in [-0.4, -0.2) is 49.9 Å². The molecule has 24 heavy (non-hydrogen) atoms. The van der Waals surface area contributed by atoms with Gasteiger partial charge in [-0.1, -0.05) is 19.4 Å². The number of sulfone groups is 1. The Hall–Kier alpha value is -1.73. The van der Waals surface area contributed by atoms with E-state index in [1.165, 1.54) is 11.8 Å². The van der Waals surface area contributed by atoms with E-state index in [0.29, 0.717) is 19.5 Å². The summed E-state index contributed by atoms with van der Waals surface area (Å²) in [5.74, 6) is 0.175. The zero-order chi connectivity index (χ0) is 17.7. The van der Waals surface area contributed by atoms with Gasteiger partial charge >= 0.3 is 0 Å². The molecule has 1 aromatic rings. The van der Waals surface area contributed by atoms with E-state index in [4.69, 9.17) is 0 Å². The fraction of sp³-hybridized carbons (Fsp3) is 0.529. The zero-order valence-corrected chi connectivity index (χ0v) is 15.0. The third-order valence-corrected chi connectivity index (χ3v) is 5.16. The quantitative estimate of drug-likeness (QED) is 0.557. The first-order valence-electron chi connectivity index (χ1n) is 8.17. The summed E-state index contributed by atoms with van der Waals surface area (Å²) in [5, 5.41) is 11.1. The van der Waals surface area contributed by atoms with Crippen molar-refractivity contribution in [3.63, 3.8) is 0 Å². The van der Waals surface area contributed by atoms with Crippen LogP contribution in [0.5, 0.6) is 0 Å². The largest absolute Gasteiger partial charge is 0.298 e. The molecular formula is C17H24N2O4S. The van der Waals surface area contributed by atoms with Crippen molar-refractivity contribution in [2.75, 3.05) is 31.6 Å². The molecule has 0 amide bonds. The second kappa shape index (κ2) is 7.90. The van der Waals surface area contributed by atoms with Crippen LogP contribution in [-0.2, 0) is 16.3 Å². The SMILES string of the molecule is CCCc1cc(C2=CCN(CCS(C)(=O)=O)CC2)ccc1[N+](=O)[O-]. The maximum atomic E-state index is 11.2. The van der Waals surface area contributed by atoms with Crippen LogP contribution in [0, 0.1) is 10.1 Å². The number of nitro groups is 1. The minimum Gasteiger partial charge on any atom is -0.298 e. The number of nitro benzene ring substituents is 1. The lowest BCUT2D eigenvalue weighted by atomic mass is 9.95. The predicted octanol–water partition coefficient (Wildman–Crippen LogP) is 2.68. The van der Waals surface area contributed by atoms with Gasteiger partial charge in [0.25, 0.3) is 5.69 Å². The molecule has 1 aromatic carbocycles. The molecule has 1 aliphatic rings. The van der Waals surface area contributed by atoms with E-state index in [0.717, 1.165) is 30.5 Å². The van der Waals surface area contributed by atoms with Crippen LogP contribution >= 0.6 is 0 Å². The topological polar surface area (TPSA) is 80.5 Å². The molecular weight excluding hydrogens is 328 g/mol. The summed E-state index contributed by atoms with van der Waals surface area (Å²) in [6, 6.07) is 5.34. The summed E-state index contributed by atoms with van der Waals surface area (Å²) < 4.78 is 22.5. The molecule has 0 saturated heterocycles. The van der Waals surface area contributed by atoms with Gasteiger partial charge in [-0.2, -0.15) is 0 Å². The van der Waals surface area contributed by atoms with Crippen LogP contribution in [0.4, 0.5) is 5.69 Å². The Morgan fingerprint density at radius 1 is 1.33 bits per heavy atom. The Bertz CT molecular complexity index is 741. The summed E-state index contributed by atoms with van der Waals surface area (Å²) in [5.41, 5.74) is 3.18. The van der Waals surface area contributed by atoms with E-state index in [1.54, 1.807) is 6.07 Å². The number of hydrogen-bond acceptors (Lipinski definition) is 5. The molecule has 0 aromatic heterocycles. The van der Waals surface area contributed by atoms with E-state index >= 15 is 0 Å². The summed E-state index contributed by atoms with van der Waals surface area (Å²) in [6.45, 7) is 4.08. The number of rotatable bonds is 7. The Labute approximate surface area is 143 Å². The molecule has 0 radical (unpaired) electrons. The lowest BCUT2D eigenvalue weighted by Gasteiger charge is -2.26. The molecule has 132 valence electrons. The summed E-state index contributed by atoms with van der Waals surface area (Å²) in [4.78, 5) is 12.9. The second-order valence-electron chi connectivity index (χ2n) is 6.26. The summed E-state index contributed by atoms with van der Waals surface area (Å²) >= 11 is 0. The number of nitrogens with zero attached hydrogens (tertiary/aromatic N) is 2. The van der Waals surface area contributed by atoms with Gasteiger partial charge in [0.05, 0.1) is 10.7 Å². The predicted molar refractivity (Wildman–Crippen MR) is 95.8 cm³/mol. The molecule has 1 heterocycles. The van der Waals surface area contributed by atoms with Gasteiger partial charge in [0.2, 0.25) is 0 Å². The lowest BCUT2D eigenvalue weighted by molar-refractivity contribution is -0.385. The normalized spacial score (nSPS) is 16.0. The number of hydrogen-bond donors (Lipinski definition) is 0. The van der Waals surface area contributed by atoms with Crippen LogP contribution in [0.2, 0.25) is 0 Å². The third kappa shape index (κ3) is 5.14. The smallest absolute Gasteiger partial charge is 0.272 e. The fourth-order valence-electron chi connectivity index (χ4n) is 2.90. The fourth-order valence-corrected chi connectivity index (χ4v) is 3.49. The molecule has 0 bridgehead atoms.